The van der Waals surface area contributed by atoms with Gasteiger partial charge in [-0.05, 0) is 6.92 Å². The Kier molecular flexibility index (Phi) is 2.20. The van der Waals surface area contributed by atoms with E-state index in [9.17, 15) is 4.79 Å². The quantitative estimate of drug-likeness (QED) is 0.676. The van der Waals surface area contributed by atoms with Crippen molar-refractivity contribution in [3.05, 3.63) is 34.3 Å². The molecule has 2 heterocycles. The lowest BCUT2D eigenvalue weighted by atomic mass is 10.4. The molecule has 0 bridgehead atoms. The normalized spacial score (nSPS) is 10.5. The first kappa shape index (κ1) is 9.38. The van der Waals surface area contributed by atoms with E-state index < -0.39 is 0 Å². The summed E-state index contributed by atoms with van der Waals surface area (Å²) in [5.41, 5.74) is 5.85. The number of nitrogens with zero attached hydrogens (tertiary/aromatic N) is 4. The van der Waals surface area contributed by atoms with Gasteiger partial charge in [-0.3, -0.25) is 4.79 Å². The fourth-order valence-corrected chi connectivity index (χ4v) is 1.25. The standard InChI is InChI=1S/C8H10N6O/c1-5-2-7(15)12-6(11-5)3-14-4-10-8(9)13-14/h2,4H,3H2,1H3,(H2,9,13)(H,11,12,15). The molecule has 0 saturated heterocycles. The molecule has 0 saturated carbocycles. The molecule has 2 rings (SSSR count). The van der Waals surface area contributed by atoms with Crippen molar-refractivity contribution in [2.45, 2.75) is 13.5 Å². The van der Waals surface area contributed by atoms with Gasteiger partial charge in [0.2, 0.25) is 5.95 Å². The van der Waals surface area contributed by atoms with Gasteiger partial charge in [-0.2, -0.15) is 0 Å². The first-order chi connectivity index (χ1) is 7.13. The van der Waals surface area contributed by atoms with Crippen molar-refractivity contribution in [1.82, 2.24) is 24.7 Å². The Morgan fingerprint density at radius 3 is 3.00 bits per heavy atom. The minimum Gasteiger partial charge on any atom is -0.367 e. The predicted octanol–water partition coefficient (Wildman–Crippen LogP) is -0.700. The number of rotatable bonds is 2. The lowest BCUT2D eigenvalue weighted by Gasteiger charge is -2.00. The topological polar surface area (TPSA) is 102 Å². The van der Waals surface area contributed by atoms with Crippen LogP contribution in [-0.2, 0) is 6.54 Å². The molecule has 0 aliphatic carbocycles. The zero-order valence-electron chi connectivity index (χ0n) is 8.14. The third-order valence-corrected chi connectivity index (χ3v) is 1.78. The highest BCUT2D eigenvalue weighted by molar-refractivity contribution is 5.09. The summed E-state index contributed by atoms with van der Waals surface area (Å²) in [5, 5.41) is 3.89. The second-order valence-electron chi connectivity index (χ2n) is 3.13. The summed E-state index contributed by atoms with van der Waals surface area (Å²) in [7, 11) is 0. The van der Waals surface area contributed by atoms with Crippen LogP contribution in [0.3, 0.4) is 0 Å². The lowest BCUT2D eigenvalue weighted by molar-refractivity contribution is 0.650. The van der Waals surface area contributed by atoms with Crippen LogP contribution in [0, 0.1) is 6.92 Å². The molecule has 0 aliphatic rings. The zero-order chi connectivity index (χ0) is 10.8. The molecule has 15 heavy (non-hydrogen) atoms. The average molecular weight is 206 g/mol. The summed E-state index contributed by atoms with van der Waals surface area (Å²) >= 11 is 0. The van der Waals surface area contributed by atoms with E-state index in [-0.39, 0.29) is 11.5 Å². The maximum atomic E-state index is 11.1. The van der Waals surface area contributed by atoms with Crippen molar-refractivity contribution < 1.29 is 0 Å². The van der Waals surface area contributed by atoms with Gasteiger partial charge in [-0.15, -0.1) is 5.10 Å². The van der Waals surface area contributed by atoms with Crippen molar-refractivity contribution in [2.75, 3.05) is 5.73 Å². The third-order valence-electron chi connectivity index (χ3n) is 1.78. The highest BCUT2D eigenvalue weighted by atomic mass is 16.1. The average Bonchev–Trinajstić information content (AvgIpc) is 2.49. The van der Waals surface area contributed by atoms with Gasteiger partial charge in [0.1, 0.15) is 18.7 Å². The predicted molar refractivity (Wildman–Crippen MR) is 53.1 cm³/mol. The number of anilines is 1. The molecular formula is C8H10N6O. The van der Waals surface area contributed by atoms with Gasteiger partial charge in [0, 0.05) is 11.8 Å². The molecule has 0 unspecified atom stereocenters. The van der Waals surface area contributed by atoms with Crippen LogP contribution in [0.2, 0.25) is 0 Å². The molecule has 0 fully saturated rings. The molecule has 0 aromatic carbocycles. The van der Waals surface area contributed by atoms with Crippen LogP contribution in [0.15, 0.2) is 17.2 Å². The van der Waals surface area contributed by atoms with E-state index in [2.05, 4.69) is 20.1 Å². The number of hydrogen-bond donors (Lipinski definition) is 2. The van der Waals surface area contributed by atoms with Crippen LogP contribution in [0.1, 0.15) is 11.5 Å². The van der Waals surface area contributed by atoms with Crippen molar-refractivity contribution in [2.24, 2.45) is 0 Å². The second kappa shape index (κ2) is 3.52. The summed E-state index contributed by atoms with van der Waals surface area (Å²) in [6, 6.07) is 1.43. The first-order valence-electron chi connectivity index (χ1n) is 4.35. The van der Waals surface area contributed by atoms with Crippen LogP contribution in [0.4, 0.5) is 5.95 Å². The summed E-state index contributed by atoms with van der Waals surface area (Å²) in [6.45, 7) is 2.11. The van der Waals surface area contributed by atoms with Gasteiger partial charge in [0.25, 0.3) is 5.56 Å². The number of aromatic nitrogens is 5. The van der Waals surface area contributed by atoms with Gasteiger partial charge < -0.3 is 10.7 Å². The maximum absolute atomic E-state index is 11.1. The number of nitrogens with two attached hydrogens (primary N) is 1. The molecule has 0 aliphatic heterocycles. The van der Waals surface area contributed by atoms with Crippen molar-refractivity contribution >= 4 is 5.95 Å². The largest absolute Gasteiger partial charge is 0.367 e. The van der Waals surface area contributed by atoms with E-state index in [1.807, 2.05) is 0 Å². The SMILES string of the molecule is Cc1cc(=O)[nH]c(Cn2cnc(N)n2)n1. The molecule has 7 nitrogen and oxygen atoms in total. The Labute approximate surface area is 85.0 Å². The second-order valence-corrected chi connectivity index (χ2v) is 3.13. The number of aromatic amines is 1. The lowest BCUT2D eigenvalue weighted by Crippen LogP contribution is -2.14. The monoisotopic (exact) mass is 206 g/mol. The molecule has 7 heteroatoms. The van der Waals surface area contributed by atoms with E-state index in [4.69, 9.17) is 5.73 Å². The van der Waals surface area contributed by atoms with Gasteiger partial charge in [-0.1, -0.05) is 0 Å². The summed E-state index contributed by atoms with van der Waals surface area (Å²) in [5.74, 6) is 0.731. The van der Waals surface area contributed by atoms with Crippen molar-refractivity contribution in [3.8, 4) is 0 Å². The van der Waals surface area contributed by atoms with Gasteiger partial charge in [0.05, 0.1) is 0 Å². The summed E-state index contributed by atoms with van der Waals surface area (Å²) in [6.07, 6.45) is 1.48. The van der Waals surface area contributed by atoms with Crippen LogP contribution in [0.25, 0.3) is 0 Å². The van der Waals surface area contributed by atoms with Gasteiger partial charge in [0.15, 0.2) is 0 Å². The van der Waals surface area contributed by atoms with Gasteiger partial charge in [-0.25, -0.2) is 14.6 Å². The van der Waals surface area contributed by atoms with E-state index in [0.29, 0.717) is 18.1 Å². The number of hydrogen-bond acceptors (Lipinski definition) is 5. The van der Waals surface area contributed by atoms with E-state index >= 15 is 0 Å². The molecule has 0 radical (unpaired) electrons. The number of aryl methyl sites for hydroxylation is 1. The van der Waals surface area contributed by atoms with E-state index in [0.717, 1.165) is 0 Å². The van der Waals surface area contributed by atoms with E-state index in [1.165, 1.54) is 17.1 Å². The fraction of sp³-hybridized carbons (Fsp3) is 0.250. The van der Waals surface area contributed by atoms with Gasteiger partial charge >= 0.3 is 0 Å². The smallest absolute Gasteiger partial charge is 0.251 e. The molecule has 2 aromatic heterocycles. The van der Waals surface area contributed by atoms with Crippen LogP contribution >= 0.6 is 0 Å². The van der Waals surface area contributed by atoms with Crippen LogP contribution in [-0.4, -0.2) is 24.7 Å². The highest BCUT2D eigenvalue weighted by Crippen LogP contribution is 1.95. The summed E-state index contributed by atoms with van der Waals surface area (Å²) in [4.78, 5) is 21.7. The first-order valence-corrected chi connectivity index (χ1v) is 4.35. The van der Waals surface area contributed by atoms with Crippen molar-refractivity contribution in [1.29, 1.82) is 0 Å². The summed E-state index contributed by atoms with van der Waals surface area (Å²) < 4.78 is 1.51. The minimum atomic E-state index is -0.175. The third kappa shape index (κ3) is 2.19. The zero-order valence-corrected chi connectivity index (χ0v) is 8.14. The number of H-pyrrole nitrogens is 1. The van der Waals surface area contributed by atoms with Crippen molar-refractivity contribution in [3.63, 3.8) is 0 Å². The molecule has 0 atom stereocenters. The Balaban J connectivity index is 2.28. The minimum absolute atomic E-state index is 0.175. The molecule has 0 amide bonds. The fourth-order valence-electron chi connectivity index (χ4n) is 1.25. The molecule has 3 N–H and O–H groups in total. The number of nitrogen functional groups attached to an aromatic ring is 1. The Hall–Kier alpha value is -2.18. The van der Waals surface area contributed by atoms with E-state index in [1.54, 1.807) is 6.92 Å². The maximum Gasteiger partial charge on any atom is 0.251 e. The van der Waals surface area contributed by atoms with Crippen LogP contribution < -0.4 is 11.3 Å². The Morgan fingerprint density at radius 1 is 1.60 bits per heavy atom. The highest BCUT2D eigenvalue weighted by Gasteiger charge is 2.01. The number of nitrogens with one attached hydrogen (secondary N) is 1. The molecular weight excluding hydrogens is 196 g/mol. The molecule has 78 valence electrons. The molecule has 0 spiro atoms. The molecule has 2 aromatic rings. The Morgan fingerprint density at radius 2 is 2.40 bits per heavy atom. The Bertz CT molecular complexity index is 528. The van der Waals surface area contributed by atoms with Crippen LogP contribution in [0.5, 0.6) is 0 Å².